The van der Waals surface area contributed by atoms with Gasteiger partial charge in [0.15, 0.2) is 0 Å². The highest BCUT2D eigenvalue weighted by atomic mass is 35.5. The molecule has 2 rings (SSSR count). The molecule has 18 heavy (non-hydrogen) atoms. The lowest BCUT2D eigenvalue weighted by molar-refractivity contribution is 0.118. The monoisotopic (exact) mass is 294 g/mol. The molecule has 7 heteroatoms. The number of rotatable bonds is 3. The van der Waals surface area contributed by atoms with Gasteiger partial charge in [-0.05, 0) is 13.3 Å². The lowest BCUT2D eigenvalue weighted by Crippen LogP contribution is -2.36. The van der Waals surface area contributed by atoms with Gasteiger partial charge in [0.25, 0.3) is 0 Å². The molecule has 1 aliphatic rings. The van der Waals surface area contributed by atoms with Crippen LogP contribution in [-0.4, -0.2) is 42.3 Å². The standard InChI is InChI=1S/C11H18N4O.2ClH/c1-8-5-13-6-11(14-8)15-7-10(16-2)3-9(15)4-12;;/h5-6,9-10H,3-4,7,12H2,1-2H3;2*1H/t9-,10-;;/m1../s1. The minimum Gasteiger partial charge on any atom is -0.380 e. The second-order valence-electron chi connectivity index (χ2n) is 4.15. The summed E-state index contributed by atoms with van der Waals surface area (Å²) in [6.07, 6.45) is 4.75. The quantitative estimate of drug-likeness (QED) is 0.907. The van der Waals surface area contributed by atoms with Gasteiger partial charge in [0, 0.05) is 32.4 Å². The highest BCUT2D eigenvalue weighted by molar-refractivity contribution is 5.85. The van der Waals surface area contributed by atoms with Crippen LogP contribution in [0.4, 0.5) is 5.82 Å². The summed E-state index contributed by atoms with van der Waals surface area (Å²) in [5, 5.41) is 0. The Morgan fingerprint density at radius 3 is 2.72 bits per heavy atom. The van der Waals surface area contributed by atoms with Crippen molar-refractivity contribution in [2.75, 3.05) is 25.1 Å². The maximum atomic E-state index is 5.77. The number of ether oxygens (including phenoxy) is 1. The Hall–Kier alpha value is -0.620. The van der Waals surface area contributed by atoms with Gasteiger partial charge in [-0.15, -0.1) is 24.8 Å². The van der Waals surface area contributed by atoms with Crippen LogP contribution in [-0.2, 0) is 4.74 Å². The van der Waals surface area contributed by atoms with Crippen LogP contribution < -0.4 is 10.6 Å². The normalized spacial score (nSPS) is 22.3. The van der Waals surface area contributed by atoms with Crippen molar-refractivity contribution in [3.63, 3.8) is 0 Å². The largest absolute Gasteiger partial charge is 0.380 e. The third-order valence-electron chi connectivity index (χ3n) is 3.02. The highest BCUT2D eigenvalue weighted by Crippen LogP contribution is 2.24. The molecule has 5 nitrogen and oxygen atoms in total. The molecule has 0 radical (unpaired) electrons. The summed E-state index contributed by atoms with van der Waals surface area (Å²) in [5.41, 5.74) is 6.70. The van der Waals surface area contributed by atoms with Crippen LogP contribution in [0.5, 0.6) is 0 Å². The Labute approximate surface area is 120 Å². The minimum atomic E-state index is 0. The Kier molecular flexibility index (Phi) is 7.47. The van der Waals surface area contributed by atoms with Crippen molar-refractivity contribution in [1.82, 2.24) is 9.97 Å². The summed E-state index contributed by atoms with van der Waals surface area (Å²) in [7, 11) is 1.74. The van der Waals surface area contributed by atoms with E-state index in [0.717, 1.165) is 24.5 Å². The topological polar surface area (TPSA) is 64.3 Å². The molecule has 0 spiro atoms. The van der Waals surface area contributed by atoms with Crippen molar-refractivity contribution in [2.24, 2.45) is 5.73 Å². The molecule has 1 aliphatic heterocycles. The van der Waals surface area contributed by atoms with Gasteiger partial charge in [0.05, 0.1) is 18.0 Å². The molecule has 2 heterocycles. The van der Waals surface area contributed by atoms with Gasteiger partial charge in [-0.1, -0.05) is 0 Å². The number of hydrogen-bond acceptors (Lipinski definition) is 5. The number of nitrogens with zero attached hydrogens (tertiary/aromatic N) is 3. The summed E-state index contributed by atoms with van der Waals surface area (Å²) in [5.74, 6) is 0.898. The number of aromatic nitrogens is 2. The molecule has 0 bridgehead atoms. The molecule has 0 aliphatic carbocycles. The average Bonchev–Trinajstić information content (AvgIpc) is 2.72. The SMILES string of the molecule is CO[C@@H]1C[C@H](CN)N(c2cncc(C)n2)C1.Cl.Cl. The third-order valence-corrected chi connectivity index (χ3v) is 3.02. The first-order valence-electron chi connectivity index (χ1n) is 5.52. The first-order chi connectivity index (χ1) is 7.74. The molecule has 1 saturated heterocycles. The van der Waals surface area contributed by atoms with Crippen LogP contribution in [0.1, 0.15) is 12.1 Å². The zero-order valence-electron chi connectivity index (χ0n) is 10.6. The lowest BCUT2D eigenvalue weighted by atomic mass is 10.2. The molecular weight excluding hydrogens is 275 g/mol. The van der Waals surface area contributed by atoms with E-state index in [1.165, 1.54) is 0 Å². The summed E-state index contributed by atoms with van der Waals surface area (Å²) in [6, 6.07) is 0.307. The van der Waals surface area contributed by atoms with Crippen molar-refractivity contribution in [3.8, 4) is 0 Å². The zero-order valence-corrected chi connectivity index (χ0v) is 12.2. The number of aryl methyl sites for hydroxylation is 1. The Balaban J connectivity index is 0.00000144. The summed E-state index contributed by atoms with van der Waals surface area (Å²) < 4.78 is 5.38. The molecular formula is C11H20Cl2N4O. The van der Waals surface area contributed by atoms with E-state index >= 15 is 0 Å². The van der Waals surface area contributed by atoms with E-state index < -0.39 is 0 Å². The molecule has 0 aromatic carbocycles. The van der Waals surface area contributed by atoms with E-state index in [9.17, 15) is 0 Å². The Bertz CT molecular complexity index is 367. The van der Waals surface area contributed by atoms with Crippen molar-refractivity contribution in [3.05, 3.63) is 18.1 Å². The zero-order chi connectivity index (χ0) is 11.5. The first-order valence-corrected chi connectivity index (χ1v) is 5.52. The molecule has 1 aromatic heterocycles. The van der Waals surface area contributed by atoms with Gasteiger partial charge in [-0.3, -0.25) is 4.98 Å². The molecule has 104 valence electrons. The summed E-state index contributed by atoms with van der Waals surface area (Å²) in [6.45, 7) is 3.41. The van der Waals surface area contributed by atoms with Crippen molar-refractivity contribution < 1.29 is 4.74 Å². The van der Waals surface area contributed by atoms with Gasteiger partial charge < -0.3 is 15.4 Å². The fourth-order valence-electron chi connectivity index (χ4n) is 2.14. The lowest BCUT2D eigenvalue weighted by Gasteiger charge is -2.23. The van der Waals surface area contributed by atoms with Crippen molar-refractivity contribution >= 4 is 30.6 Å². The van der Waals surface area contributed by atoms with Gasteiger partial charge >= 0.3 is 0 Å². The van der Waals surface area contributed by atoms with E-state index in [4.69, 9.17) is 10.5 Å². The summed E-state index contributed by atoms with van der Waals surface area (Å²) >= 11 is 0. The maximum absolute atomic E-state index is 5.77. The van der Waals surface area contributed by atoms with E-state index in [0.29, 0.717) is 12.6 Å². The van der Waals surface area contributed by atoms with E-state index in [-0.39, 0.29) is 30.9 Å². The molecule has 2 atom stereocenters. The van der Waals surface area contributed by atoms with Crippen LogP contribution in [0, 0.1) is 6.92 Å². The van der Waals surface area contributed by atoms with Gasteiger partial charge in [-0.25, -0.2) is 4.98 Å². The molecule has 2 N–H and O–H groups in total. The molecule has 1 aromatic rings. The van der Waals surface area contributed by atoms with Gasteiger partial charge in [-0.2, -0.15) is 0 Å². The van der Waals surface area contributed by atoms with Crippen molar-refractivity contribution in [2.45, 2.75) is 25.5 Å². The van der Waals surface area contributed by atoms with Crippen molar-refractivity contribution in [1.29, 1.82) is 0 Å². The average molecular weight is 295 g/mol. The number of anilines is 1. The fourth-order valence-corrected chi connectivity index (χ4v) is 2.14. The van der Waals surface area contributed by atoms with Crippen LogP contribution >= 0.6 is 24.8 Å². The molecule has 0 saturated carbocycles. The first kappa shape index (κ1) is 17.4. The van der Waals surface area contributed by atoms with Crippen LogP contribution in [0.2, 0.25) is 0 Å². The highest BCUT2D eigenvalue weighted by Gasteiger charge is 2.32. The molecule has 0 unspecified atom stereocenters. The van der Waals surface area contributed by atoms with Crippen LogP contribution in [0.15, 0.2) is 12.4 Å². The van der Waals surface area contributed by atoms with Gasteiger partial charge in [0.1, 0.15) is 5.82 Å². The van der Waals surface area contributed by atoms with Crippen LogP contribution in [0.25, 0.3) is 0 Å². The predicted octanol–water partition coefficient (Wildman–Crippen LogP) is 1.18. The number of methoxy groups -OCH3 is 1. The second-order valence-corrected chi connectivity index (χ2v) is 4.15. The third kappa shape index (κ3) is 3.68. The number of nitrogens with two attached hydrogens (primary N) is 1. The predicted molar refractivity (Wildman–Crippen MR) is 76.9 cm³/mol. The smallest absolute Gasteiger partial charge is 0.147 e. The van der Waals surface area contributed by atoms with E-state index in [1.54, 1.807) is 19.5 Å². The van der Waals surface area contributed by atoms with E-state index in [1.807, 2.05) is 6.92 Å². The molecule has 0 amide bonds. The fraction of sp³-hybridized carbons (Fsp3) is 0.636. The minimum absolute atomic E-state index is 0. The number of hydrogen-bond donors (Lipinski definition) is 1. The Morgan fingerprint density at radius 1 is 1.44 bits per heavy atom. The number of halogens is 2. The van der Waals surface area contributed by atoms with E-state index in [2.05, 4.69) is 14.9 Å². The van der Waals surface area contributed by atoms with Gasteiger partial charge in [0.2, 0.25) is 0 Å². The Morgan fingerprint density at radius 2 is 2.17 bits per heavy atom. The molecule has 1 fully saturated rings. The summed E-state index contributed by atoms with van der Waals surface area (Å²) in [4.78, 5) is 10.8. The maximum Gasteiger partial charge on any atom is 0.147 e. The van der Waals surface area contributed by atoms with Crippen LogP contribution in [0.3, 0.4) is 0 Å². The second kappa shape index (κ2) is 7.74.